The number of hydrazine groups is 1. The van der Waals surface area contributed by atoms with Crippen LogP contribution in [-0.2, 0) is 0 Å². The zero-order chi connectivity index (χ0) is 15.2. The highest BCUT2D eigenvalue weighted by Crippen LogP contribution is 2.32. The molecule has 0 aliphatic rings. The molecule has 1 unspecified atom stereocenters. The second-order valence-corrected chi connectivity index (χ2v) is 4.46. The number of ether oxygens (including phenoxy) is 2. The first-order valence-corrected chi connectivity index (χ1v) is 6.72. The highest BCUT2D eigenvalue weighted by atomic mass is 19.1. The summed E-state index contributed by atoms with van der Waals surface area (Å²) in [6.07, 6.45) is 0. The average molecular weight is 290 g/mol. The van der Waals surface area contributed by atoms with Crippen molar-refractivity contribution in [3.05, 3.63) is 59.4 Å². The summed E-state index contributed by atoms with van der Waals surface area (Å²) in [5.74, 6) is 6.39. The molecule has 0 saturated carbocycles. The van der Waals surface area contributed by atoms with Crippen molar-refractivity contribution in [1.29, 1.82) is 0 Å². The Balaban J connectivity index is 2.44. The number of methoxy groups -OCH3 is 1. The molecule has 0 aliphatic heterocycles. The quantitative estimate of drug-likeness (QED) is 0.634. The Morgan fingerprint density at radius 3 is 2.57 bits per heavy atom. The van der Waals surface area contributed by atoms with Gasteiger partial charge in [-0.2, -0.15) is 0 Å². The fourth-order valence-electron chi connectivity index (χ4n) is 2.22. The lowest BCUT2D eigenvalue weighted by molar-refractivity contribution is 0.333. The van der Waals surface area contributed by atoms with Crippen molar-refractivity contribution in [3.8, 4) is 11.5 Å². The monoisotopic (exact) mass is 290 g/mol. The first-order valence-electron chi connectivity index (χ1n) is 6.72. The molecule has 2 aromatic carbocycles. The standard InChI is InChI=1S/C16H19FN2O2/c1-3-21-15-7-5-4-6-13(15)16(19-18)12-9-8-11(20-2)10-14(12)17/h4-10,16,19H,3,18H2,1-2H3. The highest BCUT2D eigenvalue weighted by molar-refractivity contribution is 5.43. The van der Waals surface area contributed by atoms with Crippen LogP contribution in [0.1, 0.15) is 24.1 Å². The molecule has 0 radical (unpaired) electrons. The second-order valence-electron chi connectivity index (χ2n) is 4.46. The summed E-state index contributed by atoms with van der Waals surface area (Å²) in [7, 11) is 1.50. The van der Waals surface area contributed by atoms with Crippen LogP contribution in [0.25, 0.3) is 0 Å². The molecule has 0 bridgehead atoms. The van der Waals surface area contributed by atoms with Gasteiger partial charge in [-0.15, -0.1) is 0 Å². The summed E-state index contributed by atoms with van der Waals surface area (Å²) < 4.78 is 24.9. The Labute approximate surface area is 123 Å². The summed E-state index contributed by atoms with van der Waals surface area (Å²) in [5, 5.41) is 0. The van der Waals surface area contributed by atoms with E-state index in [9.17, 15) is 4.39 Å². The Kier molecular flexibility index (Phi) is 5.14. The predicted octanol–water partition coefficient (Wildman–Crippen LogP) is 2.79. The molecule has 0 saturated heterocycles. The SMILES string of the molecule is CCOc1ccccc1C(NN)c1ccc(OC)cc1F. The average Bonchev–Trinajstić information content (AvgIpc) is 2.51. The summed E-state index contributed by atoms with van der Waals surface area (Å²) in [6, 6.07) is 11.6. The predicted molar refractivity (Wildman–Crippen MR) is 79.7 cm³/mol. The Hall–Kier alpha value is -2.11. The van der Waals surface area contributed by atoms with E-state index >= 15 is 0 Å². The second kappa shape index (κ2) is 7.06. The van der Waals surface area contributed by atoms with Gasteiger partial charge in [-0.05, 0) is 19.1 Å². The third-order valence-electron chi connectivity index (χ3n) is 3.22. The van der Waals surface area contributed by atoms with Crippen LogP contribution in [0.4, 0.5) is 4.39 Å². The van der Waals surface area contributed by atoms with Crippen molar-refractivity contribution in [2.24, 2.45) is 5.84 Å². The molecule has 0 aliphatic carbocycles. The molecule has 4 nitrogen and oxygen atoms in total. The number of benzene rings is 2. The van der Waals surface area contributed by atoms with E-state index in [2.05, 4.69) is 5.43 Å². The third kappa shape index (κ3) is 3.32. The van der Waals surface area contributed by atoms with Crippen LogP contribution in [0.15, 0.2) is 42.5 Å². The first-order chi connectivity index (χ1) is 10.2. The third-order valence-corrected chi connectivity index (χ3v) is 3.22. The zero-order valence-corrected chi connectivity index (χ0v) is 12.1. The van der Waals surface area contributed by atoms with Crippen LogP contribution < -0.4 is 20.7 Å². The minimum Gasteiger partial charge on any atom is -0.497 e. The first kappa shape index (κ1) is 15.3. The molecule has 0 spiro atoms. The van der Waals surface area contributed by atoms with E-state index < -0.39 is 6.04 Å². The van der Waals surface area contributed by atoms with Crippen molar-refractivity contribution in [2.45, 2.75) is 13.0 Å². The molecular weight excluding hydrogens is 271 g/mol. The zero-order valence-electron chi connectivity index (χ0n) is 12.1. The summed E-state index contributed by atoms with van der Waals surface area (Å²) in [6.45, 7) is 2.43. The lowest BCUT2D eigenvalue weighted by Gasteiger charge is -2.20. The Morgan fingerprint density at radius 1 is 1.19 bits per heavy atom. The molecule has 1 atom stereocenters. The van der Waals surface area contributed by atoms with Crippen molar-refractivity contribution in [2.75, 3.05) is 13.7 Å². The molecule has 3 N–H and O–H groups in total. The van der Waals surface area contributed by atoms with E-state index in [4.69, 9.17) is 15.3 Å². The minimum atomic E-state index is -0.501. The van der Waals surface area contributed by atoms with Gasteiger partial charge in [-0.25, -0.2) is 9.82 Å². The van der Waals surface area contributed by atoms with E-state index in [0.717, 1.165) is 5.56 Å². The number of para-hydroxylation sites is 1. The Morgan fingerprint density at radius 2 is 1.95 bits per heavy atom. The maximum absolute atomic E-state index is 14.3. The summed E-state index contributed by atoms with van der Waals surface area (Å²) >= 11 is 0. The van der Waals surface area contributed by atoms with Gasteiger partial charge in [0.05, 0.1) is 19.8 Å². The molecule has 0 amide bonds. The van der Waals surface area contributed by atoms with Gasteiger partial charge in [-0.1, -0.05) is 24.3 Å². The van der Waals surface area contributed by atoms with Gasteiger partial charge in [-0.3, -0.25) is 5.84 Å². The largest absolute Gasteiger partial charge is 0.497 e. The van der Waals surface area contributed by atoms with Gasteiger partial charge >= 0.3 is 0 Å². The maximum Gasteiger partial charge on any atom is 0.132 e. The molecule has 2 rings (SSSR count). The van der Waals surface area contributed by atoms with Crippen LogP contribution >= 0.6 is 0 Å². The summed E-state index contributed by atoms with van der Waals surface area (Å²) in [4.78, 5) is 0. The van der Waals surface area contributed by atoms with Crippen LogP contribution in [0, 0.1) is 5.82 Å². The fourth-order valence-corrected chi connectivity index (χ4v) is 2.22. The maximum atomic E-state index is 14.3. The van der Waals surface area contributed by atoms with Gasteiger partial charge < -0.3 is 9.47 Å². The van der Waals surface area contributed by atoms with Crippen molar-refractivity contribution >= 4 is 0 Å². The van der Waals surface area contributed by atoms with Gasteiger partial charge in [0.15, 0.2) is 0 Å². The number of hydrogen-bond acceptors (Lipinski definition) is 4. The molecule has 5 heteroatoms. The molecule has 21 heavy (non-hydrogen) atoms. The minimum absolute atomic E-state index is 0.386. The van der Waals surface area contributed by atoms with Gasteiger partial charge in [0, 0.05) is 17.2 Å². The smallest absolute Gasteiger partial charge is 0.132 e. The van der Waals surface area contributed by atoms with E-state index in [-0.39, 0.29) is 5.82 Å². The number of halogens is 1. The van der Waals surface area contributed by atoms with Crippen LogP contribution in [0.3, 0.4) is 0 Å². The molecule has 112 valence electrons. The number of nitrogens with one attached hydrogen (secondary N) is 1. The fraction of sp³-hybridized carbons (Fsp3) is 0.250. The van der Waals surface area contributed by atoms with E-state index in [1.54, 1.807) is 12.1 Å². The highest BCUT2D eigenvalue weighted by Gasteiger charge is 2.20. The lowest BCUT2D eigenvalue weighted by Crippen LogP contribution is -2.30. The van der Waals surface area contributed by atoms with Crippen molar-refractivity contribution < 1.29 is 13.9 Å². The number of nitrogens with two attached hydrogens (primary N) is 1. The van der Waals surface area contributed by atoms with Crippen molar-refractivity contribution in [3.63, 3.8) is 0 Å². The lowest BCUT2D eigenvalue weighted by atomic mass is 9.97. The van der Waals surface area contributed by atoms with Crippen molar-refractivity contribution in [1.82, 2.24) is 5.43 Å². The summed E-state index contributed by atoms with van der Waals surface area (Å²) in [5.41, 5.74) is 3.87. The van der Waals surface area contributed by atoms with Gasteiger partial charge in [0.2, 0.25) is 0 Å². The molecule has 2 aromatic rings. The molecular formula is C16H19FN2O2. The topological polar surface area (TPSA) is 56.5 Å². The van der Waals surface area contributed by atoms with Crippen LogP contribution in [0.2, 0.25) is 0 Å². The number of rotatable bonds is 6. The van der Waals surface area contributed by atoms with E-state index in [1.165, 1.54) is 13.2 Å². The molecule has 0 aromatic heterocycles. The Bertz CT molecular complexity index is 605. The van der Waals surface area contributed by atoms with E-state index in [1.807, 2.05) is 31.2 Å². The van der Waals surface area contributed by atoms with E-state index in [0.29, 0.717) is 23.7 Å². The molecule has 0 fully saturated rings. The van der Waals surface area contributed by atoms with Gasteiger partial charge in [0.1, 0.15) is 17.3 Å². The molecule has 0 heterocycles. The normalized spacial score (nSPS) is 12.0. The van der Waals surface area contributed by atoms with Gasteiger partial charge in [0.25, 0.3) is 0 Å². The van der Waals surface area contributed by atoms with Crippen LogP contribution in [-0.4, -0.2) is 13.7 Å². The number of hydrogen-bond donors (Lipinski definition) is 2. The van der Waals surface area contributed by atoms with Crippen LogP contribution in [0.5, 0.6) is 11.5 Å².